The van der Waals surface area contributed by atoms with Crippen LogP contribution in [0.5, 0.6) is 5.75 Å². The standard InChI is InChI=1S/C20H19ClF3NO2/c1-2-3-12-27-16-8-4-14(5-9-16)6-11-19(26)25-18-13-15(20(22,23)24)7-10-17(18)21/h4-11,13H,2-3,12H2,1H3,(H,25,26). The van der Waals surface area contributed by atoms with Gasteiger partial charge in [-0.15, -0.1) is 0 Å². The first-order chi connectivity index (χ1) is 12.8. The van der Waals surface area contributed by atoms with Crippen LogP contribution in [0, 0.1) is 0 Å². The van der Waals surface area contributed by atoms with Crippen LogP contribution in [-0.4, -0.2) is 12.5 Å². The number of alkyl halides is 3. The molecule has 0 radical (unpaired) electrons. The highest BCUT2D eigenvalue weighted by Gasteiger charge is 2.31. The molecule has 0 atom stereocenters. The van der Waals surface area contributed by atoms with Gasteiger partial charge in [0, 0.05) is 6.08 Å². The van der Waals surface area contributed by atoms with Crippen molar-refractivity contribution < 1.29 is 22.7 Å². The number of carbonyl (C=O) groups excluding carboxylic acids is 1. The van der Waals surface area contributed by atoms with Gasteiger partial charge in [0.05, 0.1) is 22.9 Å². The van der Waals surface area contributed by atoms with Crippen molar-refractivity contribution in [2.24, 2.45) is 0 Å². The van der Waals surface area contributed by atoms with Gasteiger partial charge in [-0.25, -0.2) is 0 Å². The molecule has 2 aromatic carbocycles. The maximum atomic E-state index is 12.8. The number of benzene rings is 2. The van der Waals surface area contributed by atoms with E-state index in [1.54, 1.807) is 30.3 Å². The highest BCUT2D eigenvalue weighted by Crippen LogP contribution is 2.33. The monoisotopic (exact) mass is 397 g/mol. The zero-order valence-corrected chi connectivity index (χ0v) is 15.4. The van der Waals surface area contributed by atoms with Gasteiger partial charge in [0.25, 0.3) is 0 Å². The lowest BCUT2D eigenvalue weighted by molar-refractivity contribution is -0.137. The molecule has 0 spiro atoms. The van der Waals surface area contributed by atoms with Crippen LogP contribution in [0.25, 0.3) is 6.08 Å². The van der Waals surface area contributed by atoms with E-state index in [2.05, 4.69) is 12.2 Å². The van der Waals surface area contributed by atoms with Crippen molar-refractivity contribution in [3.63, 3.8) is 0 Å². The molecule has 7 heteroatoms. The number of rotatable bonds is 7. The number of unbranched alkanes of at least 4 members (excludes halogenated alkanes) is 1. The van der Waals surface area contributed by atoms with Gasteiger partial charge in [-0.1, -0.05) is 37.1 Å². The molecule has 2 aromatic rings. The average molecular weight is 398 g/mol. The van der Waals surface area contributed by atoms with E-state index in [0.717, 1.165) is 42.4 Å². The molecule has 0 aliphatic rings. The van der Waals surface area contributed by atoms with Crippen LogP contribution >= 0.6 is 11.6 Å². The Morgan fingerprint density at radius 2 is 1.89 bits per heavy atom. The SMILES string of the molecule is CCCCOc1ccc(C=CC(=O)Nc2cc(C(F)(F)F)ccc2Cl)cc1. The summed E-state index contributed by atoms with van der Waals surface area (Å²) in [5.41, 5.74) is -0.228. The minimum absolute atomic E-state index is 0.0262. The van der Waals surface area contributed by atoms with E-state index in [1.807, 2.05) is 0 Å². The molecular formula is C20H19ClF3NO2. The lowest BCUT2D eigenvalue weighted by Crippen LogP contribution is -2.11. The van der Waals surface area contributed by atoms with Gasteiger partial charge in [0.15, 0.2) is 0 Å². The smallest absolute Gasteiger partial charge is 0.416 e. The number of halogens is 4. The van der Waals surface area contributed by atoms with E-state index in [0.29, 0.717) is 6.61 Å². The molecule has 0 heterocycles. The number of nitrogens with one attached hydrogen (secondary N) is 1. The van der Waals surface area contributed by atoms with Crippen LogP contribution in [0.4, 0.5) is 18.9 Å². The topological polar surface area (TPSA) is 38.3 Å². The van der Waals surface area contributed by atoms with Gasteiger partial charge >= 0.3 is 6.18 Å². The molecule has 0 saturated carbocycles. The Labute approximate surface area is 160 Å². The van der Waals surface area contributed by atoms with E-state index in [9.17, 15) is 18.0 Å². The van der Waals surface area contributed by atoms with Crippen molar-refractivity contribution >= 4 is 29.3 Å². The third-order valence-corrected chi connectivity index (χ3v) is 3.96. The van der Waals surface area contributed by atoms with Gasteiger partial charge in [-0.3, -0.25) is 4.79 Å². The molecule has 1 amide bonds. The van der Waals surface area contributed by atoms with E-state index in [4.69, 9.17) is 16.3 Å². The normalized spacial score (nSPS) is 11.6. The maximum absolute atomic E-state index is 12.8. The highest BCUT2D eigenvalue weighted by molar-refractivity contribution is 6.33. The molecule has 0 fully saturated rings. The summed E-state index contributed by atoms with van der Waals surface area (Å²) in [5.74, 6) is 0.153. The van der Waals surface area contributed by atoms with Crippen molar-refractivity contribution in [3.8, 4) is 5.75 Å². The van der Waals surface area contributed by atoms with Gasteiger partial charge < -0.3 is 10.1 Å². The molecule has 0 aliphatic heterocycles. The number of hydrogen-bond acceptors (Lipinski definition) is 2. The zero-order chi connectivity index (χ0) is 19.9. The predicted molar refractivity (Wildman–Crippen MR) is 101 cm³/mol. The fraction of sp³-hybridized carbons (Fsp3) is 0.250. The van der Waals surface area contributed by atoms with Gasteiger partial charge in [0.1, 0.15) is 5.75 Å². The van der Waals surface area contributed by atoms with Crippen LogP contribution in [0.15, 0.2) is 48.5 Å². The van der Waals surface area contributed by atoms with Crippen molar-refractivity contribution in [1.82, 2.24) is 0 Å². The summed E-state index contributed by atoms with van der Waals surface area (Å²) >= 11 is 5.86. The second-order valence-corrected chi connectivity index (χ2v) is 6.19. The molecule has 0 saturated heterocycles. The Morgan fingerprint density at radius 1 is 1.19 bits per heavy atom. The first-order valence-corrected chi connectivity index (χ1v) is 8.76. The molecule has 2 rings (SSSR count). The zero-order valence-electron chi connectivity index (χ0n) is 14.6. The Kier molecular flexibility index (Phi) is 7.30. The summed E-state index contributed by atoms with van der Waals surface area (Å²) in [6.07, 6.45) is 0.281. The third kappa shape index (κ3) is 6.64. The summed E-state index contributed by atoms with van der Waals surface area (Å²) in [4.78, 5) is 12.0. The Bertz CT molecular complexity index is 802. The molecule has 3 nitrogen and oxygen atoms in total. The van der Waals surface area contributed by atoms with Crippen molar-refractivity contribution in [2.45, 2.75) is 25.9 Å². The Hall–Kier alpha value is -2.47. The minimum atomic E-state index is -4.51. The number of carbonyl (C=O) groups is 1. The Balaban J connectivity index is 1.99. The second-order valence-electron chi connectivity index (χ2n) is 5.79. The van der Waals surface area contributed by atoms with Crippen molar-refractivity contribution in [2.75, 3.05) is 11.9 Å². The number of hydrogen-bond donors (Lipinski definition) is 1. The van der Waals surface area contributed by atoms with E-state index in [1.165, 1.54) is 6.08 Å². The molecule has 0 unspecified atom stereocenters. The molecule has 0 aromatic heterocycles. The molecular weight excluding hydrogens is 379 g/mol. The second kappa shape index (κ2) is 9.46. The fourth-order valence-corrected chi connectivity index (χ4v) is 2.32. The first kappa shape index (κ1) is 20.8. The van der Waals surface area contributed by atoms with Crippen LogP contribution < -0.4 is 10.1 Å². The van der Waals surface area contributed by atoms with Crippen LogP contribution in [-0.2, 0) is 11.0 Å². The molecule has 0 bridgehead atoms. The summed E-state index contributed by atoms with van der Waals surface area (Å²) < 4.78 is 43.8. The molecule has 0 aliphatic carbocycles. The van der Waals surface area contributed by atoms with Gasteiger partial charge in [0.2, 0.25) is 5.91 Å². The summed E-state index contributed by atoms with van der Waals surface area (Å²) in [7, 11) is 0. The number of ether oxygens (including phenoxy) is 1. The predicted octanol–water partition coefficient (Wildman–Crippen LogP) is 6.19. The molecule has 1 N–H and O–H groups in total. The van der Waals surface area contributed by atoms with Gasteiger partial charge in [-0.05, 0) is 48.4 Å². The maximum Gasteiger partial charge on any atom is 0.416 e. The molecule has 27 heavy (non-hydrogen) atoms. The third-order valence-electron chi connectivity index (χ3n) is 3.63. The highest BCUT2D eigenvalue weighted by atomic mass is 35.5. The first-order valence-electron chi connectivity index (χ1n) is 8.38. The van der Waals surface area contributed by atoms with Crippen LogP contribution in [0.2, 0.25) is 5.02 Å². The summed E-state index contributed by atoms with van der Waals surface area (Å²) in [5, 5.41) is 2.38. The van der Waals surface area contributed by atoms with E-state index in [-0.39, 0.29) is 10.7 Å². The number of anilines is 1. The minimum Gasteiger partial charge on any atom is -0.494 e. The van der Waals surface area contributed by atoms with Crippen LogP contribution in [0.1, 0.15) is 30.9 Å². The number of amides is 1. The quantitative estimate of drug-likeness (QED) is 0.447. The van der Waals surface area contributed by atoms with Crippen LogP contribution in [0.3, 0.4) is 0 Å². The summed E-state index contributed by atoms with van der Waals surface area (Å²) in [6, 6.07) is 9.90. The van der Waals surface area contributed by atoms with E-state index >= 15 is 0 Å². The lowest BCUT2D eigenvalue weighted by atomic mass is 10.2. The van der Waals surface area contributed by atoms with Gasteiger partial charge in [-0.2, -0.15) is 13.2 Å². The molecule has 144 valence electrons. The Morgan fingerprint density at radius 3 is 2.52 bits per heavy atom. The van der Waals surface area contributed by atoms with Crippen molar-refractivity contribution in [3.05, 3.63) is 64.7 Å². The fourth-order valence-electron chi connectivity index (χ4n) is 2.15. The van der Waals surface area contributed by atoms with Crippen molar-refractivity contribution in [1.29, 1.82) is 0 Å². The largest absolute Gasteiger partial charge is 0.494 e. The van der Waals surface area contributed by atoms with E-state index < -0.39 is 17.6 Å². The summed E-state index contributed by atoms with van der Waals surface area (Å²) in [6.45, 7) is 2.72. The lowest BCUT2D eigenvalue weighted by Gasteiger charge is -2.10. The average Bonchev–Trinajstić information content (AvgIpc) is 2.62.